The fraction of sp³-hybridized carbons (Fsp3) is 0.314. The molecule has 4 aromatic rings. The van der Waals surface area contributed by atoms with Crippen LogP contribution in [0.4, 0.5) is 0 Å². The fourth-order valence-electron chi connectivity index (χ4n) is 5.69. The van der Waals surface area contributed by atoms with Crippen LogP contribution in [0.25, 0.3) is 0 Å². The zero-order chi connectivity index (χ0) is 27.6. The van der Waals surface area contributed by atoms with Crippen LogP contribution in [0.2, 0.25) is 0 Å². The number of benzene rings is 4. The summed E-state index contributed by atoms with van der Waals surface area (Å²) >= 11 is 0. The van der Waals surface area contributed by atoms with Crippen molar-refractivity contribution in [1.29, 1.82) is 0 Å². The minimum absolute atomic E-state index is 0.142. The van der Waals surface area contributed by atoms with Gasteiger partial charge in [-0.05, 0) is 0 Å². The molecule has 0 saturated carbocycles. The molecule has 0 aliphatic heterocycles. The SMILES string of the molecule is CC(C)(C)P(C)(C)(C(P(c1ccccc1)c1ccccc1)P(c1ccccc1)c1ccccc1)C(C)(C)C. The quantitative estimate of drug-likeness (QED) is 0.199. The molecule has 0 amide bonds. The zero-order valence-electron chi connectivity index (χ0n) is 24.5. The maximum absolute atomic E-state index is 2.75. The van der Waals surface area contributed by atoms with Crippen molar-refractivity contribution in [3.63, 3.8) is 0 Å². The standard InChI is InChI=1S/C35H45P3/c1-34(2,3)38(7,8,35(4,5)6)33(36(29-21-13-9-14-22-29)30-23-15-10-16-24-30)37(31-25-17-11-18-26-31)32-27-19-12-20-28-32/h9-28,33H,1-8H3. The topological polar surface area (TPSA) is 0 Å². The molecule has 0 saturated heterocycles. The van der Waals surface area contributed by atoms with Crippen LogP contribution >= 0.6 is 22.4 Å². The number of hydrogen-bond acceptors (Lipinski definition) is 0. The van der Waals surface area contributed by atoms with Crippen molar-refractivity contribution in [1.82, 2.24) is 0 Å². The van der Waals surface area contributed by atoms with Crippen LogP contribution < -0.4 is 21.2 Å². The Morgan fingerprint density at radius 3 is 0.816 bits per heavy atom. The molecule has 0 radical (unpaired) electrons. The molecule has 4 rings (SSSR count). The molecule has 4 aromatic carbocycles. The first-order valence-electron chi connectivity index (χ1n) is 13.7. The predicted octanol–water partition coefficient (Wildman–Crippen LogP) is 8.95. The van der Waals surface area contributed by atoms with Crippen molar-refractivity contribution in [3.05, 3.63) is 121 Å². The van der Waals surface area contributed by atoms with E-state index in [1.165, 1.54) is 21.2 Å². The Labute approximate surface area is 234 Å². The van der Waals surface area contributed by atoms with Crippen molar-refractivity contribution in [2.24, 2.45) is 0 Å². The van der Waals surface area contributed by atoms with Gasteiger partial charge in [0.1, 0.15) is 0 Å². The molecule has 0 bridgehead atoms. The Kier molecular flexibility index (Phi) is 8.42. The van der Waals surface area contributed by atoms with E-state index in [2.05, 4.69) is 176 Å². The molecule has 0 aliphatic rings. The van der Waals surface area contributed by atoms with Gasteiger partial charge in [0.05, 0.1) is 0 Å². The van der Waals surface area contributed by atoms with Gasteiger partial charge in [0, 0.05) is 0 Å². The third-order valence-electron chi connectivity index (χ3n) is 9.42. The molecule has 0 spiro atoms. The summed E-state index contributed by atoms with van der Waals surface area (Å²) in [4.78, 5) is 0. The second-order valence-electron chi connectivity index (χ2n) is 13.0. The molecule has 0 unspecified atom stereocenters. The third-order valence-corrected chi connectivity index (χ3v) is 30.3. The van der Waals surface area contributed by atoms with E-state index in [0.717, 1.165) is 0 Å². The van der Waals surface area contributed by atoms with Gasteiger partial charge in [0.2, 0.25) is 0 Å². The van der Waals surface area contributed by atoms with Gasteiger partial charge in [0.15, 0.2) is 0 Å². The summed E-state index contributed by atoms with van der Waals surface area (Å²) in [6.07, 6.45) is 0. The zero-order valence-corrected chi connectivity index (χ0v) is 27.1. The maximum atomic E-state index is 2.75. The van der Waals surface area contributed by atoms with Crippen LogP contribution in [-0.2, 0) is 0 Å². The molecule has 0 N–H and O–H groups in total. The number of hydrogen-bond donors (Lipinski definition) is 0. The van der Waals surface area contributed by atoms with Crippen LogP contribution in [0.15, 0.2) is 121 Å². The van der Waals surface area contributed by atoms with E-state index in [9.17, 15) is 0 Å². The molecule has 0 aromatic heterocycles. The minimum atomic E-state index is -2.61. The summed E-state index contributed by atoms with van der Waals surface area (Å²) in [6.45, 7) is 18.1. The normalized spacial score (nSPS) is 14.0. The Morgan fingerprint density at radius 1 is 0.421 bits per heavy atom. The second-order valence-corrected chi connectivity index (χ2v) is 26.5. The van der Waals surface area contributed by atoms with Crippen molar-refractivity contribution in [3.8, 4) is 0 Å². The van der Waals surface area contributed by atoms with Crippen LogP contribution in [0.1, 0.15) is 41.5 Å². The summed E-state index contributed by atoms with van der Waals surface area (Å²) < 4.78 is 0. The predicted molar refractivity (Wildman–Crippen MR) is 180 cm³/mol. The van der Waals surface area contributed by atoms with Crippen LogP contribution in [-0.4, -0.2) is 28.8 Å². The summed E-state index contributed by atoms with van der Waals surface area (Å²) in [5, 5.41) is 6.73. The molecule has 3 heteroatoms. The second kappa shape index (κ2) is 11.0. The Balaban J connectivity index is 2.20. The molecule has 38 heavy (non-hydrogen) atoms. The third kappa shape index (κ3) is 5.06. The van der Waals surface area contributed by atoms with Crippen molar-refractivity contribution in [2.75, 3.05) is 13.3 Å². The summed E-state index contributed by atoms with van der Waals surface area (Å²) in [7, 11) is -1.36. The van der Waals surface area contributed by atoms with Crippen molar-refractivity contribution < 1.29 is 0 Å². The number of rotatable bonds is 7. The Bertz CT molecular complexity index is 1120. The van der Waals surface area contributed by atoms with Crippen LogP contribution in [0.3, 0.4) is 0 Å². The van der Waals surface area contributed by atoms with E-state index in [0.29, 0.717) is 5.14 Å². The van der Waals surface area contributed by atoms with Gasteiger partial charge >= 0.3 is 235 Å². The van der Waals surface area contributed by atoms with E-state index < -0.39 is 22.4 Å². The summed E-state index contributed by atoms with van der Waals surface area (Å²) in [5.74, 6) is 0. The van der Waals surface area contributed by atoms with E-state index in [1.807, 2.05) is 0 Å². The summed E-state index contributed by atoms with van der Waals surface area (Å²) in [5.41, 5.74) is 0. The van der Waals surface area contributed by atoms with Gasteiger partial charge in [-0.3, -0.25) is 0 Å². The van der Waals surface area contributed by atoms with Gasteiger partial charge in [-0.25, -0.2) is 0 Å². The van der Waals surface area contributed by atoms with Gasteiger partial charge in [-0.2, -0.15) is 0 Å². The molecule has 0 atom stereocenters. The molecule has 0 aliphatic carbocycles. The first-order valence-corrected chi connectivity index (χ1v) is 19.7. The van der Waals surface area contributed by atoms with Crippen LogP contribution in [0, 0.1) is 0 Å². The molecule has 0 heterocycles. The van der Waals surface area contributed by atoms with E-state index in [4.69, 9.17) is 0 Å². The van der Waals surface area contributed by atoms with Crippen molar-refractivity contribution >= 4 is 43.7 Å². The van der Waals surface area contributed by atoms with Crippen molar-refractivity contribution in [2.45, 2.75) is 57.0 Å². The molecule has 0 nitrogen and oxygen atoms in total. The Hall–Kier alpha value is -1.83. The first kappa shape index (κ1) is 29.2. The van der Waals surface area contributed by atoms with Gasteiger partial charge in [-0.1, -0.05) is 0 Å². The molecule has 200 valence electrons. The Morgan fingerprint density at radius 2 is 0.632 bits per heavy atom. The van der Waals surface area contributed by atoms with Crippen LogP contribution in [0.5, 0.6) is 0 Å². The molecule has 0 fully saturated rings. The first-order chi connectivity index (χ1) is 17.9. The monoisotopic (exact) mass is 558 g/mol. The average molecular weight is 559 g/mol. The van der Waals surface area contributed by atoms with Gasteiger partial charge < -0.3 is 0 Å². The fourth-order valence-corrected chi connectivity index (χ4v) is 26.6. The van der Waals surface area contributed by atoms with E-state index in [-0.39, 0.29) is 10.3 Å². The summed E-state index contributed by atoms with van der Waals surface area (Å²) in [6, 6.07) is 45.8. The van der Waals surface area contributed by atoms with E-state index in [1.54, 1.807) is 0 Å². The van der Waals surface area contributed by atoms with E-state index >= 15 is 0 Å². The molecular formula is C35H45P3. The molecular weight excluding hydrogens is 513 g/mol. The average Bonchev–Trinajstić information content (AvgIpc) is 2.89. The van der Waals surface area contributed by atoms with Gasteiger partial charge in [0.25, 0.3) is 0 Å². The van der Waals surface area contributed by atoms with Gasteiger partial charge in [-0.15, -0.1) is 0 Å².